The average Bonchev–Trinajstić information content (AvgIpc) is 3.21. The van der Waals surface area contributed by atoms with Gasteiger partial charge in [0.2, 0.25) is 0 Å². The van der Waals surface area contributed by atoms with Crippen molar-refractivity contribution in [1.82, 2.24) is 14.5 Å². The van der Waals surface area contributed by atoms with Gasteiger partial charge >= 0.3 is 5.97 Å². The molecular formula is C22H21N5O6S. The van der Waals surface area contributed by atoms with Crippen LogP contribution in [0.5, 0.6) is 11.5 Å². The number of methoxy groups -OCH3 is 2. The van der Waals surface area contributed by atoms with E-state index in [1.54, 1.807) is 42.5 Å². The zero-order valence-corrected chi connectivity index (χ0v) is 19.3. The smallest absolute Gasteiger partial charge is 0.352 e. The van der Waals surface area contributed by atoms with Gasteiger partial charge in [-0.1, -0.05) is 12.1 Å². The molecule has 2 heterocycles. The second-order valence-corrected chi connectivity index (χ2v) is 8.76. The first-order chi connectivity index (χ1) is 16.2. The van der Waals surface area contributed by atoms with Crippen LogP contribution in [0.25, 0.3) is 11.0 Å². The standard InChI is InChI=1S/C22H21N5O6S/c1-27-17(22(28)29)9-11-19(27)34(30,31)26-21-20(23-14-6-4-5-7-15(14)24-21)25-16-12-13(32-2)8-10-18(16)33-3/h4-12H,1-3H3,(H,23,25)(H,24,26)(H,28,29). The number of hydrogen-bond acceptors (Lipinski definition) is 8. The molecule has 0 aliphatic carbocycles. The third kappa shape index (κ3) is 4.30. The lowest BCUT2D eigenvalue weighted by Crippen LogP contribution is -2.19. The van der Waals surface area contributed by atoms with E-state index in [2.05, 4.69) is 20.0 Å². The number of anilines is 3. The molecule has 0 amide bonds. The fraction of sp³-hybridized carbons (Fsp3) is 0.136. The number of carboxylic acids is 1. The van der Waals surface area contributed by atoms with Gasteiger partial charge in [0.15, 0.2) is 16.7 Å². The Labute approximate surface area is 195 Å². The van der Waals surface area contributed by atoms with E-state index in [0.29, 0.717) is 28.2 Å². The normalized spacial score (nSPS) is 11.3. The van der Waals surface area contributed by atoms with Crippen LogP contribution in [0.15, 0.2) is 59.6 Å². The Bertz CT molecular complexity index is 1500. The molecule has 0 spiro atoms. The van der Waals surface area contributed by atoms with Crippen LogP contribution in [0.2, 0.25) is 0 Å². The second kappa shape index (κ2) is 8.90. The number of carbonyl (C=O) groups is 1. The molecule has 4 rings (SSSR count). The molecule has 0 fully saturated rings. The van der Waals surface area contributed by atoms with Crippen molar-refractivity contribution < 1.29 is 27.8 Å². The number of sulfonamides is 1. The van der Waals surface area contributed by atoms with Gasteiger partial charge in [-0.3, -0.25) is 4.72 Å². The quantitative estimate of drug-likeness (QED) is 0.344. The van der Waals surface area contributed by atoms with Crippen molar-refractivity contribution >= 4 is 44.3 Å². The van der Waals surface area contributed by atoms with Gasteiger partial charge < -0.3 is 24.5 Å². The molecule has 12 heteroatoms. The molecule has 3 N–H and O–H groups in total. The Morgan fingerprint density at radius 2 is 1.65 bits per heavy atom. The summed E-state index contributed by atoms with van der Waals surface area (Å²) in [6.07, 6.45) is 0. The van der Waals surface area contributed by atoms with Gasteiger partial charge in [0.25, 0.3) is 10.0 Å². The molecule has 0 bridgehead atoms. The summed E-state index contributed by atoms with van der Waals surface area (Å²) in [4.78, 5) is 20.3. The minimum atomic E-state index is -4.22. The highest BCUT2D eigenvalue weighted by molar-refractivity contribution is 7.92. The Balaban J connectivity index is 1.81. The van der Waals surface area contributed by atoms with Crippen molar-refractivity contribution in [2.24, 2.45) is 7.05 Å². The molecule has 0 unspecified atom stereocenters. The maximum Gasteiger partial charge on any atom is 0.352 e. The van der Waals surface area contributed by atoms with Crippen LogP contribution in [-0.4, -0.2) is 48.2 Å². The highest BCUT2D eigenvalue weighted by Gasteiger charge is 2.24. The molecular weight excluding hydrogens is 462 g/mol. The first-order valence-electron chi connectivity index (χ1n) is 9.91. The molecule has 0 radical (unpaired) electrons. The lowest BCUT2D eigenvalue weighted by Gasteiger charge is -2.16. The van der Waals surface area contributed by atoms with Gasteiger partial charge in [0, 0.05) is 13.1 Å². The Kier molecular flexibility index (Phi) is 5.99. The lowest BCUT2D eigenvalue weighted by atomic mass is 10.2. The molecule has 0 saturated heterocycles. The summed E-state index contributed by atoms with van der Waals surface area (Å²) in [7, 11) is 0.152. The number of aromatic carboxylic acids is 1. The number of rotatable bonds is 8. The van der Waals surface area contributed by atoms with Crippen molar-refractivity contribution in [3.63, 3.8) is 0 Å². The van der Waals surface area contributed by atoms with Gasteiger partial charge in [-0.05, 0) is 36.4 Å². The SMILES string of the molecule is COc1ccc(OC)c(Nc2nc3ccccc3nc2NS(=O)(=O)c2ccc(C(=O)O)n2C)c1. The van der Waals surface area contributed by atoms with Crippen molar-refractivity contribution in [2.75, 3.05) is 24.3 Å². The van der Waals surface area contributed by atoms with Crippen LogP contribution in [0, 0.1) is 0 Å². The fourth-order valence-electron chi connectivity index (χ4n) is 3.35. The molecule has 0 saturated carbocycles. The highest BCUT2D eigenvalue weighted by Crippen LogP contribution is 2.34. The maximum atomic E-state index is 13.2. The summed E-state index contributed by atoms with van der Waals surface area (Å²) >= 11 is 0. The molecule has 0 atom stereocenters. The Morgan fingerprint density at radius 3 is 2.24 bits per heavy atom. The van der Waals surface area contributed by atoms with Gasteiger partial charge in [-0.25, -0.2) is 14.8 Å². The number of aromatic nitrogens is 3. The van der Waals surface area contributed by atoms with E-state index in [-0.39, 0.29) is 22.4 Å². The molecule has 11 nitrogen and oxygen atoms in total. The van der Waals surface area contributed by atoms with Crippen molar-refractivity contribution in [3.8, 4) is 11.5 Å². The van der Waals surface area contributed by atoms with Gasteiger partial charge in [-0.2, -0.15) is 8.42 Å². The number of para-hydroxylation sites is 2. The summed E-state index contributed by atoms with van der Waals surface area (Å²) in [5, 5.41) is 12.1. The molecule has 34 heavy (non-hydrogen) atoms. The molecule has 2 aromatic carbocycles. The zero-order valence-electron chi connectivity index (χ0n) is 18.4. The number of hydrogen-bond donors (Lipinski definition) is 3. The van der Waals surface area contributed by atoms with Gasteiger partial charge in [0.1, 0.15) is 17.2 Å². The van der Waals surface area contributed by atoms with Gasteiger partial charge in [-0.15, -0.1) is 0 Å². The van der Waals surface area contributed by atoms with Crippen molar-refractivity contribution in [2.45, 2.75) is 5.03 Å². The second-order valence-electron chi connectivity index (χ2n) is 7.13. The monoisotopic (exact) mass is 483 g/mol. The maximum absolute atomic E-state index is 13.2. The van der Waals surface area contributed by atoms with E-state index in [4.69, 9.17) is 9.47 Å². The number of nitrogens with one attached hydrogen (secondary N) is 2. The average molecular weight is 484 g/mol. The Morgan fingerprint density at radius 1 is 0.971 bits per heavy atom. The third-order valence-corrected chi connectivity index (χ3v) is 6.45. The number of carboxylic acid groups (broad SMARTS) is 1. The van der Waals surface area contributed by atoms with Gasteiger partial charge in [0.05, 0.1) is 30.9 Å². The Hall–Kier alpha value is -4.32. The summed E-state index contributed by atoms with van der Waals surface area (Å²) in [5.41, 5.74) is 1.28. The van der Waals surface area contributed by atoms with E-state index in [1.807, 2.05) is 0 Å². The topological polar surface area (TPSA) is 145 Å². The minimum Gasteiger partial charge on any atom is -0.497 e. The van der Waals surface area contributed by atoms with Crippen LogP contribution in [0.3, 0.4) is 0 Å². The van der Waals surface area contributed by atoms with Crippen LogP contribution in [-0.2, 0) is 17.1 Å². The fourth-order valence-corrected chi connectivity index (χ4v) is 4.56. The van der Waals surface area contributed by atoms with E-state index < -0.39 is 16.0 Å². The minimum absolute atomic E-state index is 0.0818. The number of nitrogens with zero attached hydrogens (tertiary/aromatic N) is 3. The molecule has 176 valence electrons. The highest BCUT2D eigenvalue weighted by atomic mass is 32.2. The zero-order chi connectivity index (χ0) is 24.5. The number of benzene rings is 2. The lowest BCUT2D eigenvalue weighted by molar-refractivity contribution is 0.0685. The number of fused-ring (bicyclic) bond motifs is 1. The van der Waals surface area contributed by atoms with E-state index >= 15 is 0 Å². The van der Waals surface area contributed by atoms with Crippen LogP contribution >= 0.6 is 0 Å². The van der Waals surface area contributed by atoms with E-state index in [9.17, 15) is 18.3 Å². The van der Waals surface area contributed by atoms with E-state index in [0.717, 1.165) is 4.57 Å². The van der Waals surface area contributed by atoms with Crippen LogP contribution in [0.1, 0.15) is 10.5 Å². The molecule has 0 aliphatic rings. The summed E-state index contributed by atoms with van der Waals surface area (Å²) in [5.74, 6) is -0.202. The summed E-state index contributed by atoms with van der Waals surface area (Å²) in [6, 6.07) is 14.5. The predicted molar refractivity (Wildman–Crippen MR) is 126 cm³/mol. The number of ether oxygens (including phenoxy) is 2. The van der Waals surface area contributed by atoms with E-state index in [1.165, 1.54) is 33.4 Å². The largest absolute Gasteiger partial charge is 0.497 e. The van der Waals surface area contributed by atoms with Crippen LogP contribution in [0.4, 0.5) is 17.3 Å². The first-order valence-corrected chi connectivity index (χ1v) is 11.4. The first kappa shape index (κ1) is 22.9. The predicted octanol–water partition coefficient (Wildman–Crippen LogP) is 3.23. The summed E-state index contributed by atoms with van der Waals surface area (Å²) in [6.45, 7) is 0. The molecule has 2 aromatic heterocycles. The van der Waals surface area contributed by atoms with Crippen molar-refractivity contribution in [1.29, 1.82) is 0 Å². The summed E-state index contributed by atoms with van der Waals surface area (Å²) < 4.78 is 40.5. The third-order valence-electron chi connectivity index (χ3n) is 5.03. The molecule has 4 aromatic rings. The van der Waals surface area contributed by atoms with Crippen LogP contribution < -0.4 is 19.5 Å². The van der Waals surface area contributed by atoms with Crippen molar-refractivity contribution in [3.05, 3.63) is 60.3 Å². The molecule has 0 aliphatic heterocycles.